The van der Waals surface area contributed by atoms with Crippen molar-refractivity contribution in [3.05, 3.63) is 57.2 Å². The van der Waals surface area contributed by atoms with Gasteiger partial charge in [-0.15, -0.1) is 0 Å². The van der Waals surface area contributed by atoms with Gasteiger partial charge in [0.1, 0.15) is 4.83 Å². The molecule has 4 rings (SSSR count). The molecule has 3 nitrogen and oxygen atoms in total. The van der Waals surface area contributed by atoms with Crippen molar-refractivity contribution in [1.29, 1.82) is 0 Å². The van der Waals surface area contributed by atoms with Crippen LogP contribution in [0, 0.1) is 13.8 Å². The zero-order chi connectivity index (χ0) is 14.9. The highest BCUT2D eigenvalue weighted by Gasteiger charge is 2.33. The van der Waals surface area contributed by atoms with Crippen LogP contribution in [0.15, 0.2) is 35.1 Å². The minimum Gasteiger partial charge on any atom is -0.288 e. The van der Waals surface area contributed by atoms with Crippen LogP contribution in [0.1, 0.15) is 26.3 Å². The van der Waals surface area contributed by atoms with Gasteiger partial charge in [0.2, 0.25) is 5.91 Å². The largest absolute Gasteiger partial charge is 0.288 e. The van der Waals surface area contributed by atoms with Crippen LogP contribution in [0.25, 0.3) is 21.8 Å². The summed E-state index contributed by atoms with van der Waals surface area (Å²) in [6.45, 7) is 3.96. The number of fused-ring (bicyclic) bond motifs is 2. The van der Waals surface area contributed by atoms with E-state index in [1.165, 1.54) is 0 Å². The van der Waals surface area contributed by atoms with Crippen molar-refractivity contribution in [3.63, 3.8) is 0 Å². The summed E-state index contributed by atoms with van der Waals surface area (Å²) in [7, 11) is 0. The fraction of sp³-hybridized carbons (Fsp3) is 0.176. The van der Waals surface area contributed by atoms with Gasteiger partial charge in [-0.2, -0.15) is 0 Å². The summed E-state index contributed by atoms with van der Waals surface area (Å²) in [5, 5.41) is 1.22. The number of carbonyl (C=O) groups is 1. The molecule has 0 aliphatic carbocycles. The summed E-state index contributed by atoms with van der Waals surface area (Å²) >= 11 is 3.46. The molecule has 1 unspecified atom stereocenters. The Bertz CT molecular complexity index is 1020. The van der Waals surface area contributed by atoms with Crippen molar-refractivity contribution in [2.75, 3.05) is 0 Å². The first-order valence-electron chi connectivity index (χ1n) is 6.78. The van der Waals surface area contributed by atoms with Crippen LogP contribution in [0.5, 0.6) is 0 Å². The van der Waals surface area contributed by atoms with E-state index in [9.17, 15) is 9.59 Å². The molecule has 1 aliphatic heterocycles. The summed E-state index contributed by atoms with van der Waals surface area (Å²) in [5.74, 6) is -0.0279. The Morgan fingerprint density at radius 1 is 1.00 bits per heavy atom. The average molecular weight is 342 g/mol. The molecule has 0 fully saturated rings. The predicted octanol–water partition coefficient (Wildman–Crippen LogP) is 3.86. The third-order valence-corrected chi connectivity index (χ3v) is 5.30. The highest BCUT2D eigenvalue weighted by atomic mass is 79.9. The number of hydrogen-bond donors (Lipinski definition) is 0. The first-order valence-corrected chi connectivity index (χ1v) is 7.70. The van der Waals surface area contributed by atoms with Crippen LogP contribution in [0.3, 0.4) is 0 Å². The number of pyridine rings is 1. The number of nitrogens with zero attached hydrogens (tertiary/aromatic N) is 1. The van der Waals surface area contributed by atoms with Crippen LogP contribution >= 0.6 is 15.9 Å². The molecule has 3 aromatic rings. The Kier molecular flexibility index (Phi) is 2.46. The highest BCUT2D eigenvalue weighted by molar-refractivity contribution is 9.09. The van der Waals surface area contributed by atoms with Crippen molar-refractivity contribution < 1.29 is 4.79 Å². The number of benzene rings is 2. The molecule has 104 valence electrons. The standard InChI is InChI=1S/C17H12BrNO2/c1-8-6-7-12-14(9(8)2)19-15-10(13(18)17(19)21)4-3-5-11(15)16(12)20/h3-7,13H,1-2H3. The SMILES string of the molecule is Cc1ccc2c(=O)c3cccc4c3n(c2c1C)C(=O)C4Br. The van der Waals surface area contributed by atoms with E-state index in [2.05, 4.69) is 15.9 Å². The Balaban J connectivity index is 2.43. The molecule has 0 radical (unpaired) electrons. The summed E-state index contributed by atoms with van der Waals surface area (Å²) in [5.41, 5.74) is 4.42. The van der Waals surface area contributed by atoms with Gasteiger partial charge in [0, 0.05) is 16.3 Å². The lowest BCUT2D eigenvalue weighted by Crippen LogP contribution is -2.15. The van der Waals surface area contributed by atoms with E-state index < -0.39 is 0 Å². The van der Waals surface area contributed by atoms with Gasteiger partial charge in [-0.3, -0.25) is 14.2 Å². The minimum atomic E-state index is -0.383. The lowest BCUT2D eigenvalue weighted by molar-refractivity contribution is 0.0931. The van der Waals surface area contributed by atoms with Gasteiger partial charge in [-0.1, -0.05) is 34.1 Å². The van der Waals surface area contributed by atoms with E-state index in [1.54, 1.807) is 10.6 Å². The van der Waals surface area contributed by atoms with Crippen LogP contribution in [0.4, 0.5) is 0 Å². The maximum atomic E-state index is 12.8. The number of carbonyl (C=O) groups excluding carboxylic acids is 1. The fourth-order valence-electron chi connectivity index (χ4n) is 3.19. The van der Waals surface area contributed by atoms with Crippen molar-refractivity contribution >= 4 is 43.6 Å². The van der Waals surface area contributed by atoms with Gasteiger partial charge in [0.25, 0.3) is 0 Å². The summed E-state index contributed by atoms with van der Waals surface area (Å²) < 4.78 is 1.71. The normalized spacial score (nSPS) is 17.1. The third-order valence-electron chi connectivity index (χ3n) is 4.42. The van der Waals surface area contributed by atoms with Crippen molar-refractivity contribution in [2.45, 2.75) is 18.7 Å². The molecule has 0 bridgehead atoms. The number of rotatable bonds is 0. The number of aryl methyl sites for hydroxylation is 2. The molecule has 2 aromatic carbocycles. The number of para-hydroxylation sites is 1. The summed E-state index contributed by atoms with van der Waals surface area (Å²) in [6.07, 6.45) is 0. The van der Waals surface area contributed by atoms with E-state index in [4.69, 9.17) is 0 Å². The number of halogens is 1. The second kappa shape index (κ2) is 4.04. The Labute approximate surface area is 129 Å². The number of aromatic nitrogens is 1. The van der Waals surface area contributed by atoms with Crippen LogP contribution in [0.2, 0.25) is 0 Å². The quantitative estimate of drug-likeness (QED) is 0.460. The smallest absolute Gasteiger partial charge is 0.249 e. The lowest BCUT2D eigenvalue weighted by Gasteiger charge is -2.12. The van der Waals surface area contributed by atoms with E-state index >= 15 is 0 Å². The Hall–Kier alpha value is -1.94. The second-order valence-corrected chi connectivity index (χ2v) is 6.43. The van der Waals surface area contributed by atoms with Gasteiger partial charge in [0.05, 0.1) is 11.0 Å². The molecular formula is C17H12BrNO2. The zero-order valence-corrected chi connectivity index (χ0v) is 13.2. The number of alkyl halides is 1. The first-order chi connectivity index (χ1) is 10.0. The summed E-state index contributed by atoms with van der Waals surface area (Å²) in [4.78, 5) is 25.1. The van der Waals surface area contributed by atoms with Crippen LogP contribution in [-0.4, -0.2) is 10.5 Å². The van der Waals surface area contributed by atoms with E-state index in [0.29, 0.717) is 10.8 Å². The molecule has 2 heterocycles. The molecule has 4 heteroatoms. The van der Waals surface area contributed by atoms with E-state index in [-0.39, 0.29) is 16.2 Å². The zero-order valence-electron chi connectivity index (χ0n) is 11.6. The molecular weight excluding hydrogens is 330 g/mol. The van der Waals surface area contributed by atoms with Gasteiger partial charge < -0.3 is 0 Å². The maximum Gasteiger partial charge on any atom is 0.249 e. The van der Waals surface area contributed by atoms with Crippen molar-refractivity contribution in [2.24, 2.45) is 0 Å². The monoisotopic (exact) mass is 341 g/mol. The van der Waals surface area contributed by atoms with Crippen LogP contribution < -0.4 is 5.43 Å². The van der Waals surface area contributed by atoms with Crippen LogP contribution in [-0.2, 0) is 0 Å². The third kappa shape index (κ3) is 1.43. The molecule has 21 heavy (non-hydrogen) atoms. The van der Waals surface area contributed by atoms with Gasteiger partial charge in [-0.25, -0.2) is 0 Å². The average Bonchev–Trinajstić information content (AvgIpc) is 2.73. The van der Waals surface area contributed by atoms with Gasteiger partial charge >= 0.3 is 0 Å². The topological polar surface area (TPSA) is 39.1 Å². The molecule has 1 aliphatic rings. The van der Waals surface area contributed by atoms with E-state index in [0.717, 1.165) is 27.7 Å². The molecule has 0 N–H and O–H groups in total. The molecule has 1 aromatic heterocycles. The molecule has 1 atom stereocenters. The number of hydrogen-bond acceptors (Lipinski definition) is 2. The molecule has 0 amide bonds. The van der Waals surface area contributed by atoms with Crippen molar-refractivity contribution in [3.8, 4) is 0 Å². The lowest BCUT2D eigenvalue weighted by atomic mass is 10.0. The molecule has 0 saturated carbocycles. The minimum absolute atomic E-state index is 0.00407. The van der Waals surface area contributed by atoms with Gasteiger partial charge in [-0.05, 0) is 37.1 Å². The second-order valence-electron chi connectivity index (χ2n) is 5.51. The highest BCUT2D eigenvalue weighted by Crippen LogP contribution is 2.39. The van der Waals surface area contributed by atoms with Gasteiger partial charge in [0.15, 0.2) is 5.43 Å². The Morgan fingerprint density at radius 2 is 1.71 bits per heavy atom. The molecule has 0 spiro atoms. The maximum absolute atomic E-state index is 12.8. The predicted molar refractivity (Wildman–Crippen MR) is 87.5 cm³/mol. The van der Waals surface area contributed by atoms with E-state index in [1.807, 2.05) is 38.1 Å². The first kappa shape index (κ1) is 12.8. The van der Waals surface area contributed by atoms with Crippen molar-refractivity contribution in [1.82, 2.24) is 4.57 Å². The molecule has 0 saturated heterocycles. The summed E-state index contributed by atoms with van der Waals surface area (Å²) in [6, 6.07) is 9.30. The fourth-order valence-corrected chi connectivity index (χ4v) is 3.77. The Morgan fingerprint density at radius 3 is 2.48 bits per heavy atom.